The van der Waals surface area contributed by atoms with E-state index in [0.717, 1.165) is 32.3 Å². The number of rotatable bonds is 19. The van der Waals surface area contributed by atoms with Gasteiger partial charge in [0.15, 0.2) is 5.79 Å². The van der Waals surface area contributed by atoms with Gasteiger partial charge in [-0.3, -0.25) is 0 Å². The first kappa shape index (κ1) is 25.5. The van der Waals surface area contributed by atoms with Gasteiger partial charge in [-0.25, -0.2) is 0 Å². The molecule has 0 spiro atoms. The van der Waals surface area contributed by atoms with Crippen LogP contribution in [0.1, 0.15) is 105 Å². The Hall–Kier alpha value is -0.540. The molecule has 0 aromatic heterocycles. The summed E-state index contributed by atoms with van der Waals surface area (Å²) in [5, 5.41) is 0. The Kier molecular flexibility index (Phi) is 17.5. The molecule has 0 heterocycles. The zero-order valence-electron chi connectivity index (χ0n) is 18.4. The molecule has 0 saturated carbocycles. The van der Waals surface area contributed by atoms with Crippen LogP contribution in [-0.4, -0.2) is 25.6 Å². The van der Waals surface area contributed by atoms with Crippen LogP contribution in [0.2, 0.25) is 0 Å². The molecule has 1 atom stereocenters. The zero-order valence-corrected chi connectivity index (χ0v) is 18.4. The van der Waals surface area contributed by atoms with Gasteiger partial charge >= 0.3 is 0 Å². The van der Waals surface area contributed by atoms with Crippen LogP contribution in [0.25, 0.3) is 0 Å². The highest BCUT2D eigenvalue weighted by Crippen LogP contribution is 2.35. The van der Waals surface area contributed by atoms with E-state index in [1.165, 1.54) is 44.9 Å². The minimum Gasteiger partial charge on any atom is -0.502 e. The monoisotopic (exact) mass is 370 g/mol. The molecule has 0 aliphatic heterocycles. The maximum absolute atomic E-state index is 6.20. The van der Waals surface area contributed by atoms with E-state index in [-0.39, 0.29) is 0 Å². The summed E-state index contributed by atoms with van der Waals surface area (Å²) in [6, 6.07) is 0. The van der Waals surface area contributed by atoms with Gasteiger partial charge in [-0.2, -0.15) is 0 Å². The van der Waals surface area contributed by atoms with Crippen LogP contribution in [0.15, 0.2) is 12.3 Å². The SMILES string of the molecule is CCC=COCCCC(CCCCCCCC)C(CC)(OCC)OCC. The second-order valence-corrected chi connectivity index (χ2v) is 7.08. The molecule has 0 amide bonds. The summed E-state index contributed by atoms with van der Waals surface area (Å²) in [6.45, 7) is 12.9. The molecular weight excluding hydrogens is 324 g/mol. The van der Waals surface area contributed by atoms with E-state index < -0.39 is 5.79 Å². The number of hydrogen-bond donors (Lipinski definition) is 0. The van der Waals surface area contributed by atoms with E-state index in [9.17, 15) is 0 Å². The summed E-state index contributed by atoms with van der Waals surface area (Å²) in [5.41, 5.74) is 0. The first-order valence-corrected chi connectivity index (χ1v) is 11.2. The Labute approximate surface area is 163 Å². The van der Waals surface area contributed by atoms with Crippen LogP contribution >= 0.6 is 0 Å². The fourth-order valence-electron chi connectivity index (χ4n) is 3.66. The second kappa shape index (κ2) is 17.9. The molecule has 0 aliphatic rings. The molecule has 0 fully saturated rings. The van der Waals surface area contributed by atoms with Gasteiger partial charge in [-0.05, 0) is 46.0 Å². The van der Waals surface area contributed by atoms with Crippen molar-refractivity contribution in [3.8, 4) is 0 Å². The van der Waals surface area contributed by atoms with Crippen molar-refractivity contribution in [3.63, 3.8) is 0 Å². The molecule has 0 aliphatic carbocycles. The van der Waals surface area contributed by atoms with Crippen LogP contribution in [0.4, 0.5) is 0 Å². The largest absolute Gasteiger partial charge is 0.502 e. The number of allylic oxidation sites excluding steroid dienone is 1. The van der Waals surface area contributed by atoms with Crippen LogP contribution in [0, 0.1) is 5.92 Å². The summed E-state index contributed by atoms with van der Waals surface area (Å²) in [7, 11) is 0. The highest BCUT2D eigenvalue weighted by Gasteiger charge is 2.38. The highest BCUT2D eigenvalue weighted by molar-refractivity contribution is 4.80. The number of unbranched alkanes of at least 4 members (excludes halogenated alkanes) is 5. The van der Waals surface area contributed by atoms with Crippen molar-refractivity contribution in [2.45, 2.75) is 111 Å². The van der Waals surface area contributed by atoms with Crippen LogP contribution in [-0.2, 0) is 14.2 Å². The van der Waals surface area contributed by atoms with Gasteiger partial charge in [-0.15, -0.1) is 0 Å². The van der Waals surface area contributed by atoms with Crippen molar-refractivity contribution in [2.24, 2.45) is 5.92 Å². The lowest BCUT2D eigenvalue weighted by Gasteiger charge is -2.40. The third-order valence-corrected chi connectivity index (χ3v) is 5.04. The average Bonchev–Trinajstić information content (AvgIpc) is 2.65. The first-order chi connectivity index (χ1) is 12.7. The standard InChI is InChI=1S/C23H46O3/c1-6-11-13-14-15-16-18-22(19-17-21-24-20-12-7-2)23(8-3,25-9-4)26-10-5/h12,20,22H,6-11,13-19,21H2,1-5H3. The maximum atomic E-state index is 6.20. The predicted molar refractivity (Wildman–Crippen MR) is 112 cm³/mol. The minimum absolute atomic E-state index is 0.424. The Morgan fingerprint density at radius 3 is 1.96 bits per heavy atom. The van der Waals surface area contributed by atoms with Gasteiger partial charge in [-0.1, -0.05) is 65.4 Å². The molecule has 0 radical (unpaired) electrons. The zero-order chi connectivity index (χ0) is 19.5. The molecule has 156 valence electrons. The lowest BCUT2D eigenvalue weighted by Crippen LogP contribution is -2.43. The smallest absolute Gasteiger partial charge is 0.170 e. The summed E-state index contributed by atoms with van der Waals surface area (Å²) < 4.78 is 18.0. The molecule has 0 rings (SSSR count). The van der Waals surface area contributed by atoms with E-state index in [0.29, 0.717) is 19.1 Å². The van der Waals surface area contributed by atoms with Crippen molar-refractivity contribution in [3.05, 3.63) is 12.3 Å². The molecule has 0 saturated heterocycles. The molecule has 3 nitrogen and oxygen atoms in total. The van der Waals surface area contributed by atoms with E-state index in [1.54, 1.807) is 0 Å². The van der Waals surface area contributed by atoms with Crippen molar-refractivity contribution < 1.29 is 14.2 Å². The lowest BCUT2D eigenvalue weighted by molar-refractivity contribution is -0.268. The van der Waals surface area contributed by atoms with Crippen LogP contribution in [0.3, 0.4) is 0 Å². The molecule has 26 heavy (non-hydrogen) atoms. The molecule has 0 N–H and O–H groups in total. The van der Waals surface area contributed by atoms with Gasteiger partial charge in [0.1, 0.15) is 0 Å². The maximum Gasteiger partial charge on any atom is 0.170 e. The van der Waals surface area contributed by atoms with E-state index in [1.807, 2.05) is 6.26 Å². The Morgan fingerprint density at radius 1 is 0.769 bits per heavy atom. The van der Waals surface area contributed by atoms with E-state index in [2.05, 4.69) is 40.7 Å². The van der Waals surface area contributed by atoms with Crippen molar-refractivity contribution in [1.29, 1.82) is 0 Å². The number of hydrogen-bond acceptors (Lipinski definition) is 3. The predicted octanol–water partition coefficient (Wildman–Crippen LogP) is 7.25. The molecular formula is C23H46O3. The van der Waals surface area contributed by atoms with E-state index in [4.69, 9.17) is 14.2 Å². The average molecular weight is 371 g/mol. The third kappa shape index (κ3) is 11.2. The van der Waals surface area contributed by atoms with E-state index >= 15 is 0 Å². The lowest BCUT2D eigenvalue weighted by atomic mass is 9.86. The molecule has 3 heteroatoms. The second-order valence-electron chi connectivity index (χ2n) is 7.08. The molecule has 0 bridgehead atoms. The highest BCUT2D eigenvalue weighted by atomic mass is 16.7. The topological polar surface area (TPSA) is 27.7 Å². The van der Waals surface area contributed by atoms with Crippen molar-refractivity contribution in [2.75, 3.05) is 19.8 Å². The van der Waals surface area contributed by atoms with Gasteiger partial charge < -0.3 is 14.2 Å². The van der Waals surface area contributed by atoms with Crippen molar-refractivity contribution >= 4 is 0 Å². The van der Waals surface area contributed by atoms with Crippen LogP contribution < -0.4 is 0 Å². The minimum atomic E-state index is -0.424. The summed E-state index contributed by atoms with van der Waals surface area (Å²) in [5.74, 6) is 0.0175. The Bertz CT molecular complexity index is 309. The summed E-state index contributed by atoms with van der Waals surface area (Å²) >= 11 is 0. The van der Waals surface area contributed by atoms with Gasteiger partial charge in [0, 0.05) is 19.1 Å². The quantitative estimate of drug-likeness (QED) is 0.136. The van der Waals surface area contributed by atoms with Gasteiger partial charge in [0.2, 0.25) is 0 Å². The van der Waals surface area contributed by atoms with Crippen LogP contribution in [0.5, 0.6) is 0 Å². The normalized spacial score (nSPS) is 13.4. The Balaban J connectivity index is 4.64. The van der Waals surface area contributed by atoms with Gasteiger partial charge in [0.05, 0.1) is 12.9 Å². The summed E-state index contributed by atoms with van der Waals surface area (Å²) in [6.07, 6.45) is 17.2. The summed E-state index contributed by atoms with van der Waals surface area (Å²) in [4.78, 5) is 0. The fourth-order valence-corrected chi connectivity index (χ4v) is 3.66. The molecule has 1 unspecified atom stereocenters. The Morgan fingerprint density at radius 2 is 1.38 bits per heavy atom. The fraction of sp³-hybridized carbons (Fsp3) is 0.913. The third-order valence-electron chi connectivity index (χ3n) is 5.04. The van der Waals surface area contributed by atoms with Crippen molar-refractivity contribution in [1.82, 2.24) is 0 Å². The number of ether oxygens (including phenoxy) is 3. The first-order valence-electron chi connectivity index (χ1n) is 11.2. The molecule has 0 aromatic carbocycles. The molecule has 0 aromatic rings. The van der Waals surface area contributed by atoms with Gasteiger partial charge in [0.25, 0.3) is 0 Å².